The zero-order valence-electron chi connectivity index (χ0n) is 21.3. The van der Waals surface area contributed by atoms with E-state index < -0.39 is 26.7 Å². The molecule has 31 heavy (non-hydrogen) atoms. The van der Waals surface area contributed by atoms with Crippen molar-refractivity contribution in [2.75, 3.05) is 14.2 Å². The first kappa shape index (κ1) is 26.3. The van der Waals surface area contributed by atoms with Crippen LogP contribution in [0.2, 0.25) is 33.0 Å². The fourth-order valence-corrected chi connectivity index (χ4v) is 10.1. The van der Waals surface area contributed by atoms with Gasteiger partial charge in [0.2, 0.25) is 0 Å². The van der Waals surface area contributed by atoms with Gasteiger partial charge in [-0.15, -0.1) is 0 Å². The van der Waals surface area contributed by atoms with Crippen molar-refractivity contribution < 1.29 is 18.7 Å². The van der Waals surface area contributed by atoms with Crippen LogP contribution in [0.15, 0.2) is 27.9 Å². The molecule has 1 aromatic carbocycles. The minimum atomic E-state index is -2.56. The molecule has 1 amide bonds. The van der Waals surface area contributed by atoms with Crippen LogP contribution in [-0.4, -0.2) is 63.9 Å². The van der Waals surface area contributed by atoms with Gasteiger partial charge in [-0.1, -0.05) is 0 Å². The Hall–Kier alpha value is -0.994. The number of rotatable bonds is 7. The van der Waals surface area contributed by atoms with Gasteiger partial charge in [0.1, 0.15) is 0 Å². The van der Waals surface area contributed by atoms with Gasteiger partial charge in [-0.2, -0.15) is 0 Å². The third-order valence-electron chi connectivity index (χ3n) is 6.73. The van der Waals surface area contributed by atoms with E-state index in [2.05, 4.69) is 55.6 Å². The first-order chi connectivity index (χ1) is 14.1. The molecule has 2 atom stereocenters. The molecule has 0 N–H and O–H groups in total. The summed E-state index contributed by atoms with van der Waals surface area (Å²) in [5, 5.41) is 0.108. The van der Waals surface area contributed by atoms with Gasteiger partial charge in [0.15, 0.2) is 0 Å². The molecule has 174 valence electrons. The number of carbonyl (C=O) groups excluding carboxylic acids is 1. The van der Waals surface area contributed by atoms with E-state index in [-0.39, 0.29) is 23.1 Å². The summed E-state index contributed by atoms with van der Waals surface area (Å²) in [5.41, 5.74) is 0.964. The maximum absolute atomic E-state index is 13.3. The van der Waals surface area contributed by atoms with Gasteiger partial charge in [0.05, 0.1) is 0 Å². The Morgan fingerprint density at radius 2 is 1.71 bits per heavy atom. The molecule has 1 aliphatic heterocycles. The molecule has 0 bridgehead atoms. The van der Waals surface area contributed by atoms with Crippen molar-refractivity contribution in [1.82, 2.24) is 4.90 Å². The van der Waals surface area contributed by atoms with Crippen molar-refractivity contribution in [2.24, 2.45) is 0 Å². The van der Waals surface area contributed by atoms with Crippen LogP contribution in [0.5, 0.6) is 11.5 Å². The molecule has 0 saturated carbocycles. The number of ether oxygens (including phenoxy) is 2. The van der Waals surface area contributed by atoms with Crippen LogP contribution in [-0.2, 0) is 15.8 Å². The molecular weight excluding hydrogens is 513 g/mol. The SMILES string of the molecule is COc1ccc(CN2C(=O)C=[C]([Sn]([CH3])([CH3])[CH3])[C@@H](O[Si](C)(C)C(C)(C)C)[C@@H]2C)c(OC)c1. The van der Waals surface area contributed by atoms with Crippen LogP contribution in [0, 0.1) is 0 Å². The Balaban J connectivity index is 2.46. The van der Waals surface area contributed by atoms with E-state index in [0.29, 0.717) is 6.54 Å². The van der Waals surface area contributed by atoms with Gasteiger partial charge in [-0.25, -0.2) is 0 Å². The Bertz CT molecular complexity index is 839. The molecule has 1 aromatic rings. The number of carbonyl (C=O) groups is 1. The zero-order chi connectivity index (χ0) is 23.8. The van der Waals surface area contributed by atoms with Crippen LogP contribution < -0.4 is 9.47 Å². The fourth-order valence-electron chi connectivity index (χ4n) is 3.61. The van der Waals surface area contributed by atoms with Crippen molar-refractivity contribution in [2.45, 2.75) is 79.3 Å². The van der Waals surface area contributed by atoms with Gasteiger partial charge in [-0.3, -0.25) is 0 Å². The zero-order valence-corrected chi connectivity index (χ0v) is 25.1. The number of hydrogen-bond acceptors (Lipinski definition) is 4. The van der Waals surface area contributed by atoms with Gasteiger partial charge < -0.3 is 0 Å². The first-order valence-electron chi connectivity index (χ1n) is 11.0. The Labute approximate surface area is 194 Å². The Morgan fingerprint density at radius 1 is 1.10 bits per heavy atom. The molecule has 7 heteroatoms. The molecule has 0 spiro atoms. The molecular formula is C24H41NO4SiSn. The van der Waals surface area contributed by atoms with Crippen LogP contribution in [0.3, 0.4) is 0 Å². The van der Waals surface area contributed by atoms with E-state index in [0.717, 1.165) is 17.1 Å². The van der Waals surface area contributed by atoms with E-state index in [1.54, 1.807) is 14.2 Å². The average Bonchev–Trinajstić information content (AvgIpc) is 2.65. The average molecular weight is 554 g/mol. The maximum atomic E-state index is 13.3. The molecule has 0 saturated heterocycles. The van der Waals surface area contributed by atoms with E-state index in [4.69, 9.17) is 13.9 Å². The first-order valence-corrected chi connectivity index (χ1v) is 23.9. The second kappa shape index (κ2) is 9.47. The van der Waals surface area contributed by atoms with Crippen LogP contribution in [0.4, 0.5) is 0 Å². The van der Waals surface area contributed by atoms with Crippen LogP contribution in [0.25, 0.3) is 0 Å². The Kier molecular flexibility index (Phi) is 8.02. The summed E-state index contributed by atoms with van der Waals surface area (Å²) < 4.78 is 19.2. The number of amides is 1. The van der Waals surface area contributed by atoms with Crippen molar-refractivity contribution >= 4 is 32.6 Å². The summed E-state index contributed by atoms with van der Waals surface area (Å²) in [4.78, 5) is 22.3. The predicted octanol–water partition coefficient (Wildman–Crippen LogP) is 5.63. The van der Waals surface area contributed by atoms with Crippen molar-refractivity contribution in [3.63, 3.8) is 0 Å². The Morgan fingerprint density at radius 3 is 2.19 bits per heavy atom. The molecule has 2 rings (SSSR count). The molecule has 0 aromatic heterocycles. The second-order valence-electron chi connectivity index (χ2n) is 11.0. The number of nitrogens with zero attached hydrogens (tertiary/aromatic N) is 1. The summed E-state index contributed by atoms with van der Waals surface area (Å²) in [5.74, 6) is 1.54. The van der Waals surface area contributed by atoms with Gasteiger partial charge >= 0.3 is 195 Å². The second-order valence-corrected chi connectivity index (χ2v) is 30.3. The molecule has 0 radical (unpaired) electrons. The van der Waals surface area contributed by atoms with Crippen molar-refractivity contribution in [1.29, 1.82) is 0 Å². The summed E-state index contributed by atoms with van der Waals surface area (Å²) in [7, 11) is 1.27. The number of benzene rings is 1. The molecule has 0 unspecified atom stereocenters. The molecule has 0 fully saturated rings. The molecule has 5 nitrogen and oxygen atoms in total. The number of hydrogen-bond donors (Lipinski definition) is 0. The summed E-state index contributed by atoms with van der Waals surface area (Å²) in [6.07, 6.45) is 1.85. The van der Waals surface area contributed by atoms with Crippen LogP contribution in [0.1, 0.15) is 33.3 Å². The van der Waals surface area contributed by atoms with Gasteiger partial charge in [0.25, 0.3) is 0 Å². The normalized spacial score (nSPS) is 20.5. The third-order valence-corrected chi connectivity index (χ3v) is 17.4. The van der Waals surface area contributed by atoms with Crippen molar-refractivity contribution in [3.8, 4) is 11.5 Å². The molecule has 1 aliphatic rings. The minimum absolute atomic E-state index is 0.0376. The van der Waals surface area contributed by atoms with Crippen LogP contribution >= 0.6 is 0 Å². The number of methoxy groups -OCH3 is 2. The van der Waals surface area contributed by atoms with E-state index in [1.807, 2.05) is 29.2 Å². The van der Waals surface area contributed by atoms with Gasteiger partial charge in [0, 0.05) is 0 Å². The summed E-state index contributed by atoms with van der Waals surface area (Å²) in [6.45, 7) is 14.0. The predicted molar refractivity (Wildman–Crippen MR) is 133 cm³/mol. The third kappa shape index (κ3) is 5.87. The summed E-state index contributed by atoms with van der Waals surface area (Å²) >= 11 is -2.56. The summed E-state index contributed by atoms with van der Waals surface area (Å²) in [6, 6.07) is 5.71. The monoisotopic (exact) mass is 555 g/mol. The quantitative estimate of drug-likeness (QED) is 0.411. The topological polar surface area (TPSA) is 48.0 Å². The van der Waals surface area contributed by atoms with Gasteiger partial charge in [-0.05, 0) is 0 Å². The molecule has 0 aliphatic carbocycles. The molecule has 1 heterocycles. The van der Waals surface area contributed by atoms with E-state index in [1.165, 1.54) is 3.59 Å². The standard InChI is InChI=1S/C21H32NO4Si.3CH3.Sn/c1-15-18(26-27(7,8)21(2,3)4)11-12-20(23)22(15)14-16-9-10-17(24-5)13-19(16)25-6;;;;/h9-10,12-13,15,18H,14H2,1-8H3;3*1H3;/t15-,18+;;;;/m0..../s1. The fraction of sp³-hybridized carbons (Fsp3) is 0.625. The van der Waals surface area contributed by atoms with Crippen molar-refractivity contribution in [3.05, 3.63) is 33.4 Å². The van der Waals surface area contributed by atoms with E-state index in [9.17, 15) is 4.79 Å². The van der Waals surface area contributed by atoms with E-state index >= 15 is 0 Å².